The number of carbonyl (C=O) groups excluding carboxylic acids is 1. The van der Waals surface area contributed by atoms with Gasteiger partial charge in [-0.1, -0.05) is 12.1 Å². The van der Waals surface area contributed by atoms with E-state index < -0.39 is 53.6 Å². The molecule has 1 aromatic carbocycles. The van der Waals surface area contributed by atoms with Gasteiger partial charge in [-0.15, -0.1) is 0 Å². The number of alkyl carbamates (subject to hydrolysis) is 1. The topological polar surface area (TPSA) is 264 Å². The first-order chi connectivity index (χ1) is 23.2. The van der Waals surface area contributed by atoms with Gasteiger partial charge >= 0.3 is 35.9 Å². The van der Waals surface area contributed by atoms with E-state index in [0.29, 0.717) is 18.5 Å². The van der Waals surface area contributed by atoms with Gasteiger partial charge in [0, 0.05) is 58.0 Å². The molecule has 18 nitrogen and oxygen atoms in total. The van der Waals surface area contributed by atoms with Gasteiger partial charge in [-0.05, 0) is 58.2 Å². The van der Waals surface area contributed by atoms with Crippen LogP contribution in [0, 0.1) is 0 Å². The van der Waals surface area contributed by atoms with E-state index in [4.69, 9.17) is 15.6 Å². The van der Waals surface area contributed by atoms with Crippen LogP contribution in [0.1, 0.15) is 39.7 Å². The monoisotopic (exact) mass is 712 g/mol. The van der Waals surface area contributed by atoms with Crippen LogP contribution in [0.25, 0.3) is 0 Å². The molecule has 1 aliphatic heterocycles. The number of carboxylic acids is 5. The van der Waals surface area contributed by atoms with E-state index in [1.54, 1.807) is 52.5 Å². The van der Waals surface area contributed by atoms with Gasteiger partial charge in [0.05, 0.1) is 19.6 Å². The number of amides is 1. The molecule has 1 aliphatic rings. The summed E-state index contributed by atoms with van der Waals surface area (Å²) in [5.41, 5.74) is 6.67. The van der Waals surface area contributed by atoms with E-state index in [1.165, 1.54) is 6.92 Å². The lowest BCUT2D eigenvalue weighted by Gasteiger charge is -2.35. The fourth-order valence-electron chi connectivity index (χ4n) is 4.91. The largest absolute Gasteiger partial charge is 0.480 e. The number of rotatable bonds is 13. The fourth-order valence-corrected chi connectivity index (χ4v) is 4.91. The Kier molecular flexibility index (Phi) is 18.7. The number of nitrogens with two attached hydrogens (primary N) is 1. The molecule has 0 spiro atoms. The summed E-state index contributed by atoms with van der Waals surface area (Å²) in [6.45, 7) is 7.85. The SMILES string of the molecule is C[C@H](NC(=O)OC(C)(C)C)C(=O)O.Nc1ccc(CCC(C(=O)O)N2CCN(CC(=O)O)CCN(CC(=O)O)CCN(CC(=O)O)CC2)cc1. The standard InChI is InChI=1S/C24H37N5O8.C8H15NO4/c25-19-4-1-18(2-5-19)3-6-20(24(36)37)29-13-11-27(16-22(32)33)9-7-26(15-21(30)31)8-10-28(12-14-29)17-23(34)35;1-5(6(10)11)9-7(12)13-8(2,3)4/h1-2,4-5,20H,3,6-17,25H2,(H,30,31)(H,32,33)(H,34,35)(H,36,37);5H,1-4H3,(H,9,12)(H,10,11)/t;5-/m.0/s1. The maximum atomic E-state index is 12.3. The van der Waals surface area contributed by atoms with Crippen LogP contribution >= 0.6 is 0 Å². The quantitative estimate of drug-likeness (QED) is 0.134. The maximum Gasteiger partial charge on any atom is 0.408 e. The van der Waals surface area contributed by atoms with E-state index in [-0.39, 0.29) is 72.0 Å². The van der Waals surface area contributed by atoms with Crippen LogP contribution in [0.15, 0.2) is 24.3 Å². The third kappa shape index (κ3) is 19.5. The number of aryl methyl sites for hydroxylation is 1. The Morgan fingerprint density at radius 2 is 1.12 bits per heavy atom. The predicted octanol–water partition coefficient (Wildman–Crippen LogP) is 0.114. The Balaban J connectivity index is 0.000000812. The number of carbonyl (C=O) groups is 6. The first-order valence-corrected chi connectivity index (χ1v) is 16.1. The average Bonchev–Trinajstić information content (AvgIpc) is 2.97. The number of ether oxygens (including phenoxy) is 1. The van der Waals surface area contributed by atoms with E-state index >= 15 is 0 Å². The molecule has 1 saturated heterocycles. The normalized spacial score (nSPS) is 17.0. The summed E-state index contributed by atoms with van der Waals surface area (Å²) in [6, 6.07) is 5.40. The molecule has 0 radical (unpaired) electrons. The third-order valence-corrected chi connectivity index (χ3v) is 7.46. The third-order valence-electron chi connectivity index (χ3n) is 7.46. The van der Waals surface area contributed by atoms with Gasteiger partial charge in [0.1, 0.15) is 17.7 Å². The second-order valence-electron chi connectivity index (χ2n) is 12.9. The second-order valence-corrected chi connectivity index (χ2v) is 12.9. The fraction of sp³-hybridized carbons (Fsp3) is 0.625. The summed E-state index contributed by atoms with van der Waals surface area (Å²) in [4.78, 5) is 74.5. The van der Waals surface area contributed by atoms with Crippen molar-refractivity contribution < 1.29 is 59.0 Å². The molecule has 1 heterocycles. The zero-order valence-corrected chi connectivity index (χ0v) is 29.1. The summed E-state index contributed by atoms with van der Waals surface area (Å²) in [5, 5.41) is 48.6. The Morgan fingerprint density at radius 1 is 0.720 bits per heavy atom. The van der Waals surface area contributed by atoms with Crippen molar-refractivity contribution in [2.24, 2.45) is 0 Å². The number of anilines is 1. The lowest BCUT2D eigenvalue weighted by Crippen LogP contribution is -2.51. The van der Waals surface area contributed by atoms with E-state index in [1.807, 2.05) is 12.1 Å². The molecule has 2 rings (SSSR count). The smallest absolute Gasteiger partial charge is 0.408 e. The van der Waals surface area contributed by atoms with E-state index in [2.05, 4.69) is 5.32 Å². The summed E-state index contributed by atoms with van der Waals surface area (Å²) >= 11 is 0. The van der Waals surface area contributed by atoms with E-state index in [0.717, 1.165) is 5.56 Å². The number of carboxylic acid groups (broad SMARTS) is 5. The molecule has 1 aromatic rings. The van der Waals surface area contributed by atoms with Gasteiger partial charge in [0.2, 0.25) is 0 Å². The molecule has 0 bridgehead atoms. The summed E-state index contributed by atoms with van der Waals surface area (Å²) < 4.78 is 4.85. The lowest BCUT2D eigenvalue weighted by molar-refractivity contribution is -0.145. The molecule has 1 amide bonds. The van der Waals surface area contributed by atoms with Crippen molar-refractivity contribution in [3.05, 3.63) is 29.8 Å². The molecular formula is C32H52N6O12. The lowest BCUT2D eigenvalue weighted by atomic mass is 10.0. The van der Waals surface area contributed by atoms with Gasteiger partial charge in [-0.3, -0.25) is 43.6 Å². The summed E-state index contributed by atoms with van der Waals surface area (Å²) in [7, 11) is 0. The van der Waals surface area contributed by atoms with Crippen molar-refractivity contribution in [3.63, 3.8) is 0 Å². The number of nitrogen functional groups attached to an aromatic ring is 1. The number of nitrogens with one attached hydrogen (secondary N) is 1. The van der Waals surface area contributed by atoms with Gasteiger partial charge in [-0.2, -0.15) is 0 Å². The van der Waals surface area contributed by atoms with Crippen LogP contribution in [-0.4, -0.2) is 171 Å². The van der Waals surface area contributed by atoms with Crippen molar-refractivity contribution in [1.29, 1.82) is 0 Å². The highest BCUT2D eigenvalue weighted by Gasteiger charge is 2.28. The van der Waals surface area contributed by atoms with Crippen molar-refractivity contribution in [3.8, 4) is 0 Å². The van der Waals surface area contributed by atoms with Crippen molar-refractivity contribution in [1.82, 2.24) is 24.9 Å². The molecule has 0 saturated carbocycles. The maximum absolute atomic E-state index is 12.3. The minimum Gasteiger partial charge on any atom is -0.480 e. The predicted molar refractivity (Wildman–Crippen MR) is 181 cm³/mol. The van der Waals surface area contributed by atoms with Crippen molar-refractivity contribution >= 4 is 41.6 Å². The van der Waals surface area contributed by atoms with Gasteiger partial charge in [0.25, 0.3) is 0 Å². The molecule has 0 aromatic heterocycles. The highest BCUT2D eigenvalue weighted by molar-refractivity contribution is 5.79. The van der Waals surface area contributed by atoms with Crippen LogP contribution < -0.4 is 11.1 Å². The Bertz CT molecular complexity index is 1240. The summed E-state index contributed by atoms with van der Waals surface area (Å²) in [6.07, 6.45) is 0.0846. The Labute approximate surface area is 291 Å². The number of hydrogen-bond donors (Lipinski definition) is 7. The number of aliphatic carboxylic acids is 5. The minimum absolute atomic E-state index is 0.250. The zero-order valence-electron chi connectivity index (χ0n) is 29.1. The highest BCUT2D eigenvalue weighted by atomic mass is 16.6. The summed E-state index contributed by atoms with van der Waals surface area (Å²) in [5.74, 6) is -5.20. The van der Waals surface area contributed by atoms with E-state index in [9.17, 15) is 49.2 Å². The molecule has 282 valence electrons. The first-order valence-electron chi connectivity index (χ1n) is 16.1. The molecule has 1 unspecified atom stereocenters. The van der Waals surface area contributed by atoms with Crippen molar-refractivity contribution in [2.45, 2.75) is 58.2 Å². The van der Waals surface area contributed by atoms with Crippen LogP contribution in [0.5, 0.6) is 0 Å². The minimum atomic E-state index is -1.09. The highest BCUT2D eigenvalue weighted by Crippen LogP contribution is 2.14. The number of hydrogen-bond acceptors (Lipinski definition) is 12. The van der Waals surface area contributed by atoms with Gasteiger partial charge < -0.3 is 41.3 Å². The zero-order chi connectivity index (χ0) is 38.0. The average molecular weight is 713 g/mol. The molecule has 8 N–H and O–H groups in total. The second kappa shape index (κ2) is 21.5. The van der Waals surface area contributed by atoms with Crippen molar-refractivity contribution in [2.75, 3.05) is 77.7 Å². The van der Waals surface area contributed by atoms with Crippen LogP contribution in [0.4, 0.5) is 10.5 Å². The number of benzene rings is 1. The molecule has 2 atom stereocenters. The van der Waals surface area contributed by atoms with Gasteiger partial charge in [0.15, 0.2) is 0 Å². The molecule has 1 fully saturated rings. The molecular weight excluding hydrogens is 660 g/mol. The first kappa shape index (κ1) is 43.5. The number of nitrogens with zero attached hydrogens (tertiary/aromatic N) is 4. The van der Waals surface area contributed by atoms with Crippen LogP contribution in [0.2, 0.25) is 0 Å². The van der Waals surface area contributed by atoms with Gasteiger partial charge in [-0.25, -0.2) is 4.79 Å². The van der Waals surface area contributed by atoms with Crippen LogP contribution in [-0.2, 0) is 35.1 Å². The molecule has 18 heteroatoms. The van der Waals surface area contributed by atoms with Crippen LogP contribution in [0.3, 0.4) is 0 Å². The Hall–Kier alpha value is -4.52. The molecule has 50 heavy (non-hydrogen) atoms. The molecule has 0 aliphatic carbocycles. The Morgan fingerprint density at radius 3 is 1.46 bits per heavy atom.